The minimum Gasteiger partial charge on any atom is -0.354 e. The van der Waals surface area contributed by atoms with Crippen LogP contribution in [0.2, 0.25) is 0 Å². The van der Waals surface area contributed by atoms with Crippen LogP contribution in [0, 0.1) is 13.8 Å². The van der Waals surface area contributed by atoms with Gasteiger partial charge in [0.05, 0.1) is 11.1 Å². The predicted molar refractivity (Wildman–Crippen MR) is 125 cm³/mol. The first kappa shape index (κ1) is 21.0. The normalized spacial score (nSPS) is 13.8. The van der Waals surface area contributed by atoms with E-state index >= 15 is 0 Å². The average molecular weight is 416 g/mol. The van der Waals surface area contributed by atoms with Crippen molar-refractivity contribution in [3.63, 3.8) is 0 Å². The molecule has 1 aromatic heterocycles. The van der Waals surface area contributed by atoms with Gasteiger partial charge in [0.2, 0.25) is 5.91 Å². The number of aryl methyl sites for hydroxylation is 2. The molecule has 4 rings (SSSR count). The highest BCUT2D eigenvalue weighted by molar-refractivity contribution is 5.94. The van der Waals surface area contributed by atoms with Crippen molar-refractivity contribution in [3.8, 4) is 11.3 Å². The summed E-state index contributed by atoms with van der Waals surface area (Å²) >= 11 is 0. The molecule has 5 heteroatoms. The minimum absolute atomic E-state index is 0.0828. The number of amides is 1. The van der Waals surface area contributed by atoms with Crippen molar-refractivity contribution >= 4 is 16.7 Å². The fourth-order valence-electron chi connectivity index (χ4n) is 4.22. The highest BCUT2D eigenvalue weighted by atomic mass is 16.2. The van der Waals surface area contributed by atoms with Crippen molar-refractivity contribution in [2.24, 2.45) is 0 Å². The predicted octanol–water partition coefficient (Wildman–Crippen LogP) is 4.69. The summed E-state index contributed by atoms with van der Waals surface area (Å²) < 4.78 is 1.30. The lowest BCUT2D eigenvalue weighted by Gasteiger charge is -2.14. The summed E-state index contributed by atoms with van der Waals surface area (Å²) in [5.74, 6) is -0.187. The Morgan fingerprint density at radius 1 is 1.10 bits per heavy atom. The lowest BCUT2D eigenvalue weighted by Crippen LogP contribution is -2.34. The van der Waals surface area contributed by atoms with Crippen molar-refractivity contribution in [2.45, 2.75) is 52.5 Å². The molecule has 1 aliphatic carbocycles. The van der Waals surface area contributed by atoms with Gasteiger partial charge < -0.3 is 5.32 Å². The number of carbonyl (C=O) groups excluding carboxylic acids is 1. The second kappa shape index (κ2) is 9.29. The van der Waals surface area contributed by atoms with Crippen LogP contribution in [0.3, 0.4) is 0 Å². The molecule has 0 radical (unpaired) electrons. The van der Waals surface area contributed by atoms with E-state index in [1.807, 2.05) is 32.0 Å². The molecule has 0 bridgehead atoms. The van der Waals surface area contributed by atoms with Gasteiger partial charge in [0.25, 0.3) is 5.56 Å². The van der Waals surface area contributed by atoms with Crippen LogP contribution in [0.4, 0.5) is 0 Å². The Bertz CT molecular complexity index is 1210. The largest absolute Gasteiger partial charge is 0.354 e. The number of hydrogen-bond donors (Lipinski definition) is 1. The van der Waals surface area contributed by atoms with E-state index in [2.05, 4.69) is 34.7 Å². The van der Waals surface area contributed by atoms with Crippen LogP contribution in [0.25, 0.3) is 22.0 Å². The first-order chi connectivity index (χ1) is 15.0. The first-order valence-corrected chi connectivity index (χ1v) is 11.0. The molecule has 2 aromatic carbocycles. The maximum atomic E-state index is 13.0. The number of allylic oxidation sites excluding steroid dienone is 1. The quantitative estimate of drug-likeness (QED) is 0.594. The summed E-state index contributed by atoms with van der Waals surface area (Å²) in [6, 6.07) is 13.7. The van der Waals surface area contributed by atoms with Crippen molar-refractivity contribution in [2.75, 3.05) is 6.54 Å². The number of hydrogen-bond acceptors (Lipinski definition) is 3. The number of nitrogens with one attached hydrogen (secondary N) is 1. The van der Waals surface area contributed by atoms with Crippen molar-refractivity contribution in [3.05, 3.63) is 75.6 Å². The van der Waals surface area contributed by atoms with Gasteiger partial charge in [-0.2, -0.15) is 5.10 Å². The van der Waals surface area contributed by atoms with Gasteiger partial charge in [-0.3, -0.25) is 9.59 Å². The zero-order valence-corrected chi connectivity index (χ0v) is 18.3. The summed E-state index contributed by atoms with van der Waals surface area (Å²) in [5, 5.41) is 8.98. The third-order valence-corrected chi connectivity index (χ3v) is 5.96. The fourth-order valence-corrected chi connectivity index (χ4v) is 4.22. The molecule has 0 saturated carbocycles. The zero-order valence-electron chi connectivity index (χ0n) is 18.3. The number of nitrogens with zero attached hydrogens (tertiary/aromatic N) is 2. The lowest BCUT2D eigenvalue weighted by molar-refractivity contribution is -0.121. The topological polar surface area (TPSA) is 64.0 Å². The molecule has 1 heterocycles. The molecule has 1 N–H and O–H groups in total. The van der Waals surface area contributed by atoms with E-state index in [1.165, 1.54) is 23.1 Å². The Labute approximate surface area is 182 Å². The van der Waals surface area contributed by atoms with E-state index < -0.39 is 0 Å². The zero-order chi connectivity index (χ0) is 21.8. The van der Waals surface area contributed by atoms with Gasteiger partial charge in [-0.15, -0.1) is 0 Å². The summed E-state index contributed by atoms with van der Waals surface area (Å²) in [5.41, 5.74) is 5.10. The summed E-state index contributed by atoms with van der Waals surface area (Å²) in [4.78, 5) is 25.6. The molecular weight excluding hydrogens is 386 g/mol. The Morgan fingerprint density at radius 3 is 2.68 bits per heavy atom. The van der Waals surface area contributed by atoms with Crippen LogP contribution in [0.1, 0.15) is 43.2 Å². The van der Waals surface area contributed by atoms with Gasteiger partial charge in [-0.05, 0) is 63.6 Å². The van der Waals surface area contributed by atoms with E-state index in [0.717, 1.165) is 47.0 Å². The van der Waals surface area contributed by atoms with E-state index in [-0.39, 0.29) is 18.0 Å². The molecule has 3 aromatic rings. The number of carbonyl (C=O) groups is 1. The van der Waals surface area contributed by atoms with Gasteiger partial charge in [0, 0.05) is 17.5 Å². The highest BCUT2D eigenvalue weighted by Crippen LogP contribution is 2.28. The Balaban J connectivity index is 1.61. The van der Waals surface area contributed by atoms with Crippen LogP contribution in [-0.4, -0.2) is 22.2 Å². The van der Waals surface area contributed by atoms with Crippen molar-refractivity contribution < 1.29 is 4.79 Å². The Morgan fingerprint density at radius 2 is 1.90 bits per heavy atom. The SMILES string of the molecule is Cc1ccc(C)c(-c2nn(CC(=O)NCCC3=CCCCC3)c(=O)c3ccccc23)c1. The number of aromatic nitrogens is 2. The molecule has 0 atom stereocenters. The molecule has 31 heavy (non-hydrogen) atoms. The van der Waals surface area contributed by atoms with Crippen LogP contribution in [0.5, 0.6) is 0 Å². The highest BCUT2D eigenvalue weighted by Gasteiger charge is 2.15. The first-order valence-electron chi connectivity index (χ1n) is 11.0. The van der Waals surface area contributed by atoms with Gasteiger partial charge in [0.1, 0.15) is 6.54 Å². The Hall–Kier alpha value is -3.21. The molecule has 1 aliphatic rings. The third-order valence-electron chi connectivity index (χ3n) is 5.96. The standard InChI is InChI=1S/C26H29N3O2/c1-18-12-13-19(2)23(16-18)25-21-10-6-7-11-22(21)26(31)29(28-25)17-24(30)27-15-14-20-8-4-3-5-9-20/h6-8,10-13,16H,3-5,9,14-15,17H2,1-2H3,(H,27,30). The molecule has 0 fully saturated rings. The van der Waals surface area contributed by atoms with Crippen LogP contribution < -0.4 is 10.9 Å². The number of rotatable bonds is 6. The molecule has 0 aliphatic heterocycles. The Kier molecular flexibility index (Phi) is 6.31. The second-order valence-corrected chi connectivity index (χ2v) is 8.38. The van der Waals surface area contributed by atoms with Crippen LogP contribution in [-0.2, 0) is 11.3 Å². The van der Waals surface area contributed by atoms with Gasteiger partial charge in [-0.1, -0.05) is 47.5 Å². The van der Waals surface area contributed by atoms with E-state index in [1.54, 1.807) is 6.07 Å². The smallest absolute Gasteiger partial charge is 0.275 e. The molecule has 1 amide bonds. The van der Waals surface area contributed by atoms with E-state index in [0.29, 0.717) is 11.9 Å². The second-order valence-electron chi connectivity index (χ2n) is 8.38. The lowest BCUT2D eigenvalue weighted by atomic mass is 9.97. The van der Waals surface area contributed by atoms with E-state index in [9.17, 15) is 9.59 Å². The van der Waals surface area contributed by atoms with Gasteiger partial charge in [0.15, 0.2) is 0 Å². The summed E-state index contributed by atoms with van der Waals surface area (Å²) in [6.07, 6.45) is 7.93. The third kappa shape index (κ3) is 4.76. The van der Waals surface area contributed by atoms with Crippen molar-refractivity contribution in [1.82, 2.24) is 15.1 Å². The van der Waals surface area contributed by atoms with Crippen LogP contribution >= 0.6 is 0 Å². The maximum Gasteiger partial charge on any atom is 0.275 e. The molecule has 160 valence electrons. The van der Waals surface area contributed by atoms with Crippen molar-refractivity contribution in [1.29, 1.82) is 0 Å². The molecule has 0 saturated heterocycles. The maximum absolute atomic E-state index is 13.0. The minimum atomic E-state index is -0.241. The molecule has 0 spiro atoms. The number of fused-ring (bicyclic) bond motifs is 1. The van der Waals surface area contributed by atoms with Gasteiger partial charge >= 0.3 is 0 Å². The monoisotopic (exact) mass is 415 g/mol. The van der Waals surface area contributed by atoms with Gasteiger partial charge in [-0.25, -0.2) is 4.68 Å². The van der Waals surface area contributed by atoms with Crippen LogP contribution in [0.15, 0.2) is 58.9 Å². The average Bonchev–Trinajstić information content (AvgIpc) is 2.78. The van der Waals surface area contributed by atoms with E-state index in [4.69, 9.17) is 0 Å². The molecule has 5 nitrogen and oxygen atoms in total. The molecule has 0 unspecified atom stereocenters. The summed E-state index contributed by atoms with van der Waals surface area (Å²) in [6.45, 7) is 4.58. The number of benzene rings is 2. The molecular formula is C26H29N3O2. The summed E-state index contributed by atoms with van der Waals surface area (Å²) in [7, 11) is 0. The fraction of sp³-hybridized carbons (Fsp3) is 0.346.